The van der Waals surface area contributed by atoms with Crippen molar-refractivity contribution in [2.45, 2.75) is 32.9 Å². The van der Waals surface area contributed by atoms with Crippen LogP contribution in [0.25, 0.3) is 0 Å². The van der Waals surface area contributed by atoms with E-state index in [1.54, 1.807) is 0 Å². The number of carbonyl (C=O) groups excluding carboxylic acids is 1. The van der Waals surface area contributed by atoms with Gasteiger partial charge in [0.25, 0.3) is 0 Å². The van der Waals surface area contributed by atoms with Crippen molar-refractivity contribution in [2.24, 2.45) is 0 Å². The van der Waals surface area contributed by atoms with Crippen LogP contribution in [0.1, 0.15) is 19.0 Å². The maximum atomic E-state index is 12.0. The number of aromatic nitrogens is 2. The van der Waals surface area contributed by atoms with Crippen molar-refractivity contribution in [3.8, 4) is 0 Å². The van der Waals surface area contributed by atoms with E-state index in [9.17, 15) is 4.79 Å². The molecule has 1 atom stereocenters. The summed E-state index contributed by atoms with van der Waals surface area (Å²) >= 11 is 1.94. The highest BCUT2D eigenvalue weighted by atomic mass is 32.2. The summed E-state index contributed by atoms with van der Waals surface area (Å²) in [5.74, 6) is 3.37. The molecule has 1 saturated heterocycles. The summed E-state index contributed by atoms with van der Waals surface area (Å²) in [6.45, 7) is 5.89. The van der Waals surface area contributed by atoms with Gasteiger partial charge in [0, 0.05) is 37.1 Å². The van der Waals surface area contributed by atoms with Crippen molar-refractivity contribution in [1.82, 2.24) is 9.78 Å². The van der Waals surface area contributed by atoms with Crippen molar-refractivity contribution in [3.05, 3.63) is 5.69 Å². The van der Waals surface area contributed by atoms with Crippen LogP contribution in [0.4, 0.5) is 11.5 Å². The highest BCUT2D eigenvalue weighted by Gasteiger charge is 2.34. The average Bonchev–Trinajstić information content (AvgIpc) is 2.58. The fourth-order valence-electron chi connectivity index (χ4n) is 2.74. The van der Waals surface area contributed by atoms with E-state index in [1.807, 2.05) is 23.4 Å². The third kappa shape index (κ3) is 1.79. The first kappa shape index (κ1) is 11.9. The van der Waals surface area contributed by atoms with Crippen LogP contribution in [0.3, 0.4) is 0 Å². The lowest BCUT2D eigenvalue weighted by Crippen LogP contribution is -2.43. The second kappa shape index (κ2) is 4.50. The lowest BCUT2D eigenvalue weighted by Gasteiger charge is -2.35. The highest BCUT2D eigenvalue weighted by molar-refractivity contribution is 7.99. The first-order chi connectivity index (χ1) is 8.70. The first-order valence-corrected chi connectivity index (χ1v) is 7.57. The van der Waals surface area contributed by atoms with Crippen LogP contribution in [0.5, 0.6) is 0 Å². The Hall–Kier alpha value is -1.17. The quantitative estimate of drug-likeness (QED) is 0.836. The molecule has 1 N–H and O–H groups in total. The Labute approximate surface area is 111 Å². The van der Waals surface area contributed by atoms with Gasteiger partial charge in [-0.1, -0.05) is 0 Å². The van der Waals surface area contributed by atoms with Crippen LogP contribution in [0.2, 0.25) is 0 Å². The third-order valence-corrected chi connectivity index (χ3v) is 4.68. The van der Waals surface area contributed by atoms with E-state index < -0.39 is 0 Å². The Balaban J connectivity index is 2.11. The number of nitrogens with zero attached hydrogens (tertiary/aromatic N) is 3. The number of amides is 1. The highest BCUT2D eigenvalue weighted by Crippen LogP contribution is 2.36. The number of carbonyl (C=O) groups is 1. The molecule has 0 aliphatic carbocycles. The minimum absolute atomic E-state index is 0.116. The van der Waals surface area contributed by atoms with Gasteiger partial charge in [0.05, 0.1) is 5.69 Å². The van der Waals surface area contributed by atoms with Crippen LogP contribution in [-0.2, 0) is 11.3 Å². The smallest absolute Gasteiger partial charge is 0.226 e. The second-order valence-corrected chi connectivity index (χ2v) is 5.92. The molecular formula is C12H18N4OS. The third-order valence-electron chi connectivity index (χ3n) is 3.59. The molecule has 2 aliphatic rings. The standard InChI is InChI=1S/C12H18N4OS/c1-3-16-12-11(8(2)14-16)13-10(17)6-9-7-18-5-4-15(9)12/h9H,3-7H2,1-2H3,(H,13,17). The molecule has 98 valence electrons. The van der Waals surface area contributed by atoms with E-state index in [4.69, 9.17) is 0 Å². The molecule has 6 heteroatoms. The van der Waals surface area contributed by atoms with E-state index in [0.29, 0.717) is 12.5 Å². The average molecular weight is 266 g/mol. The number of thioether (sulfide) groups is 1. The molecule has 0 aromatic carbocycles. The van der Waals surface area contributed by atoms with Gasteiger partial charge in [-0.3, -0.25) is 4.79 Å². The van der Waals surface area contributed by atoms with Crippen LogP contribution >= 0.6 is 11.8 Å². The normalized spacial score (nSPS) is 23.1. The molecule has 3 rings (SSSR count). The molecule has 2 aliphatic heterocycles. The summed E-state index contributed by atoms with van der Waals surface area (Å²) < 4.78 is 2.01. The van der Waals surface area contributed by atoms with Gasteiger partial charge >= 0.3 is 0 Å². The summed E-state index contributed by atoms with van der Waals surface area (Å²) in [4.78, 5) is 14.3. The number of hydrogen-bond acceptors (Lipinski definition) is 4. The number of fused-ring (bicyclic) bond motifs is 3. The van der Waals surface area contributed by atoms with Crippen molar-refractivity contribution < 1.29 is 4.79 Å². The van der Waals surface area contributed by atoms with E-state index in [1.165, 1.54) is 0 Å². The topological polar surface area (TPSA) is 50.2 Å². The van der Waals surface area contributed by atoms with Crippen LogP contribution < -0.4 is 10.2 Å². The number of hydrogen-bond donors (Lipinski definition) is 1. The van der Waals surface area contributed by atoms with Gasteiger partial charge < -0.3 is 10.2 Å². The van der Waals surface area contributed by atoms with E-state index in [-0.39, 0.29) is 5.91 Å². The van der Waals surface area contributed by atoms with Crippen LogP contribution in [0, 0.1) is 6.92 Å². The molecule has 1 fully saturated rings. The fourth-order valence-corrected chi connectivity index (χ4v) is 3.80. The number of rotatable bonds is 1. The lowest BCUT2D eigenvalue weighted by molar-refractivity contribution is -0.116. The summed E-state index contributed by atoms with van der Waals surface area (Å²) in [6, 6.07) is 0.311. The lowest BCUT2D eigenvalue weighted by atomic mass is 10.2. The Morgan fingerprint density at radius 1 is 1.56 bits per heavy atom. The summed E-state index contributed by atoms with van der Waals surface area (Å²) in [6.07, 6.45) is 0.588. The Bertz CT molecular complexity index is 485. The summed E-state index contributed by atoms with van der Waals surface area (Å²) in [5.41, 5.74) is 1.83. The molecule has 1 amide bonds. The van der Waals surface area contributed by atoms with Gasteiger partial charge in [0.15, 0.2) is 5.82 Å². The maximum Gasteiger partial charge on any atom is 0.226 e. The molecule has 1 unspecified atom stereocenters. The minimum atomic E-state index is 0.116. The Morgan fingerprint density at radius 2 is 2.39 bits per heavy atom. The Morgan fingerprint density at radius 3 is 3.17 bits per heavy atom. The SMILES string of the molecule is CCn1nc(C)c2c1N1CCSCC1CC(=O)N2. The van der Waals surface area contributed by atoms with Gasteiger partial charge in [0.2, 0.25) is 5.91 Å². The predicted octanol–water partition coefficient (Wildman–Crippen LogP) is 1.48. The molecule has 0 bridgehead atoms. The summed E-state index contributed by atoms with van der Waals surface area (Å²) in [7, 11) is 0. The first-order valence-electron chi connectivity index (χ1n) is 6.42. The minimum Gasteiger partial charge on any atom is -0.350 e. The largest absolute Gasteiger partial charge is 0.350 e. The molecular weight excluding hydrogens is 248 g/mol. The van der Waals surface area contributed by atoms with Crippen molar-refractivity contribution in [2.75, 3.05) is 28.3 Å². The molecule has 1 aromatic rings. The van der Waals surface area contributed by atoms with E-state index in [2.05, 4.69) is 22.2 Å². The number of nitrogens with one attached hydrogen (secondary N) is 1. The van der Waals surface area contributed by atoms with E-state index in [0.717, 1.165) is 41.8 Å². The van der Waals surface area contributed by atoms with Crippen LogP contribution in [0.15, 0.2) is 0 Å². The Kier molecular flexibility index (Phi) is 2.97. The van der Waals surface area contributed by atoms with Gasteiger partial charge in [-0.15, -0.1) is 0 Å². The molecule has 5 nitrogen and oxygen atoms in total. The number of aryl methyl sites for hydroxylation is 2. The zero-order valence-corrected chi connectivity index (χ0v) is 11.6. The van der Waals surface area contributed by atoms with Gasteiger partial charge in [-0.05, 0) is 13.8 Å². The van der Waals surface area contributed by atoms with Gasteiger partial charge in [0.1, 0.15) is 5.69 Å². The molecule has 0 radical (unpaired) electrons. The monoisotopic (exact) mass is 266 g/mol. The van der Waals surface area contributed by atoms with Gasteiger partial charge in [-0.2, -0.15) is 16.9 Å². The van der Waals surface area contributed by atoms with E-state index >= 15 is 0 Å². The zero-order valence-electron chi connectivity index (χ0n) is 10.8. The molecule has 18 heavy (non-hydrogen) atoms. The maximum absolute atomic E-state index is 12.0. The fraction of sp³-hybridized carbons (Fsp3) is 0.667. The zero-order chi connectivity index (χ0) is 12.7. The molecule has 0 saturated carbocycles. The van der Waals surface area contributed by atoms with Gasteiger partial charge in [-0.25, -0.2) is 4.68 Å². The second-order valence-electron chi connectivity index (χ2n) is 4.77. The predicted molar refractivity (Wildman–Crippen MR) is 74.3 cm³/mol. The molecule has 3 heterocycles. The summed E-state index contributed by atoms with van der Waals surface area (Å²) in [5, 5.41) is 7.56. The van der Waals surface area contributed by atoms with Crippen molar-refractivity contribution >= 4 is 29.2 Å². The van der Waals surface area contributed by atoms with Crippen LogP contribution in [-0.4, -0.2) is 39.8 Å². The molecule has 0 spiro atoms. The van der Waals surface area contributed by atoms with Crippen molar-refractivity contribution in [1.29, 1.82) is 0 Å². The van der Waals surface area contributed by atoms with Crippen molar-refractivity contribution in [3.63, 3.8) is 0 Å². The molecule has 1 aromatic heterocycles. The number of anilines is 2.